The fourth-order valence-electron chi connectivity index (χ4n) is 1.50. The molecule has 0 atom stereocenters. The first-order valence-electron chi connectivity index (χ1n) is 5.40. The zero-order valence-electron chi connectivity index (χ0n) is 9.80. The van der Waals surface area contributed by atoms with Crippen molar-refractivity contribution in [3.63, 3.8) is 0 Å². The van der Waals surface area contributed by atoms with E-state index in [2.05, 4.69) is 27.0 Å². The topological polar surface area (TPSA) is 69.7 Å². The molecule has 1 aromatic carbocycles. The van der Waals surface area contributed by atoms with Crippen LogP contribution in [0.3, 0.4) is 0 Å². The van der Waals surface area contributed by atoms with Crippen LogP contribution in [0.5, 0.6) is 5.75 Å². The van der Waals surface area contributed by atoms with Crippen LogP contribution in [0, 0.1) is 22.7 Å². The molecule has 0 fully saturated rings. The molecule has 19 heavy (non-hydrogen) atoms. The molecular formula is C14H8BrN3O. The standard InChI is InChI=1S/C14H8BrN3O/c15-12-1-2-14(11(6-12)7-16)19-9-10-3-4-18-13(5-10)8-17/h1-6H,9H2. The molecule has 92 valence electrons. The van der Waals surface area contributed by atoms with Crippen molar-refractivity contribution >= 4 is 15.9 Å². The summed E-state index contributed by atoms with van der Waals surface area (Å²) in [7, 11) is 0. The zero-order chi connectivity index (χ0) is 13.7. The molecule has 0 aliphatic heterocycles. The Labute approximate surface area is 119 Å². The summed E-state index contributed by atoms with van der Waals surface area (Å²) in [4.78, 5) is 3.88. The van der Waals surface area contributed by atoms with Gasteiger partial charge in [-0.1, -0.05) is 15.9 Å². The Morgan fingerprint density at radius 3 is 2.74 bits per heavy atom. The predicted molar refractivity (Wildman–Crippen MR) is 72.1 cm³/mol. The molecule has 1 aromatic heterocycles. The number of hydrogen-bond donors (Lipinski definition) is 0. The third-order valence-electron chi connectivity index (χ3n) is 2.40. The van der Waals surface area contributed by atoms with Crippen molar-refractivity contribution in [2.24, 2.45) is 0 Å². The van der Waals surface area contributed by atoms with Crippen molar-refractivity contribution in [2.45, 2.75) is 6.61 Å². The van der Waals surface area contributed by atoms with E-state index >= 15 is 0 Å². The number of ether oxygens (including phenoxy) is 1. The van der Waals surface area contributed by atoms with Gasteiger partial charge in [-0.15, -0.1) is 0 Å². The fraction of sp³-hybridized carbons (Fsp3) is 0.0714. The Kier molecular flexibility index (Phi) is 4.12. The average molecular weight is 314 g/mol. The Balaban J connectivity index is 2.15. The molecule has 4 nitrogen and oxygen atoms in total. The second-order valence-electron chi connectivity index (χ2n) is 3.70. The first-order valence-corrected chi connectivity index (χ1v) is 6.19. The van der Waals surface area contributed by atoms with Gasteiger partial charge in [-0.2, -0.15) is 10.5 Å². The highest BCUT2D eigenvalue weighted by molar-refractivity contribution is 9.10. The quantitative estimate of drug-likeness (QED) is 0.872. The minimum atomic E-state index is 0.285. The first-order chi connectivity index (χ1) is 9.22. The number of pyridine rings is 1. The summed E-state index contributed by atoms with van der Waals surface area (Å²) < 4.78 is 6.41. The molecule has 0 saturated heterocycles. The van der Waals surface area contributed by atoms with Crippen LogP contribution < -0.4 is 4.74 Å². The molecular weight excluding hydrogens is 306 g/mol. The van der Waals surface area contributed by atoms with Gasteiger partial charge in [0.15, 0.2) is 0 Å². The number of halogens is 1. The summed E-state index contributed by atoms with van der Waals surface area (Å²) in [5.41, 5.74) is 1.64. The molecule has 0 saturated carbocycles. The number of benzene rings is 1. The highest BCUT2D eigenvalue weighted by Crippen LogP contribution is 2.23. The number of nitrogens with zero attached hydrogens (tertiary/aromatic N) is 3. The number of nitriles is 2. The maximum Gasteiger partial charge on any atom is 0.140 e. The summed E-state index contributed by atoms with van der Waals surface area (Å²) in [5, 5.41) is 17.8. The first kappa shape index (κ1) is 13.1. The van der Waals surface area contributed by atoms with Crippen LogP contribution in [0.15, 0.2) is 41.0 Å². The van der Waals surface area contributed by atoms with E-state index in [1.54, 1.807) is 30.5 Å². The number of rotatable bonds is 3. The maximum atomic E-state index is 9.02. The molecule has 0 amide bonds. The van der Waals surface area contributed by atoms with Crippen LogP contribution in [0.4, 0.5) is 0 Å². The van der Waals surface area contributed by atoms with Crippen LogP contribution in [-0.2, 0) is 6.61 Å². The number of hydrogen-bond acceptors (Lipinski definition) is 4. The van der Waals surface area contributed by atoms with E-state index in [-0.39, 0.29) is 6.61 Å². The van der Waals surface area contributed by atoms with Crippen molar-refractivity contribution in [2.75, 3.05) is 0 Å². The second-order valence-corrected chi connectivity index (χ2v) is 4.62. The second kappa shape index (κ2) is 5.99. The van der Waals surface area contributed by atoms with Crippen LogP contribution in [0.1, 0.15) is 16.8 Å². The Hall–Kier alpha value is -2.37. The van der Waals surface area contributed by atoms with Crippen LogP contribution in [-0.4, -0.2) is 4.98 Å². The van der Waals surface area contributed by atoms with Gasteiger partial charge in [0.1, 0.15) is 30.2 Å². The van der Waals surface area contributed by atoms with Crippen molar-refractivity contribution in [1.29, 1.82) is 10.5 Å². The highest BCUT2D eigenvalue weighted by Gasteiger charge is 2.05. The van der Waals surface area contributed by atoms with E-state index in [0.717, 1.165) is 10.0 Å². The lowest BCUT2D eigenvalue weighted by Gasteiger charge is -2.08. The van der Waals surface area contributed by atoms with Gasteiger partial charge in [0.2, 0.25) is 0 Å². The maximum absolute atomic E-state index is 9.02. The van der Waals surface area contributed by atoms with Gasteiger partial charge >= 0.3 is 0 Å². The Morgan fingerprint density at radius 1 is 1.16 bits per heavy atom. The third kappa shape index (κ3) is 3.31. The minimum absolute atomic E-state index is 0.285. The molecule has 0 N–H and O–H groups in total. The monoisotopic (exact) mass is 313 g/mol. The lowest BCUT2D eigenvalue weighted by atomic mass is 10.2. The van der Waals surface area contributed by atoms with Gasteiger partial charge in [-0.05, 0) is 35.9 Å². The Morgan fingerprint density at radius 2 is 2.00 bits per heavy atom. The SMILES string of the molecule is N#Cc1cc(COc2ccc(Br)cc2C#N)ccn1. The molecule has 0 unspecified atom stereocenters. The van der Waals surface area contributed by atoms with Crippen LogP contribution in [0.2, 0.25) is 0 Å². The van der Waals surface area contributed by atoms with Crippen LogP contribution in [0.25, 0.3) is 0 Å². The lowest BCUT2D eigenvalue weighted by Crippen LogP contribution is -1.98. The molecule has 2 rings (SSSR count). The van der Waals surface area contributed by atoms with Gasteiger partial charge in [0.25, 0.3) is 0 Å². The van der Waals surface area contributed by atoms with Gasteiger partial charge in [-0.25, -0.2) is 4.98 Å². The van der Waals surface area contributed by atoms with E-state index < -0.39 is 0 Å². The molecule has 5 heteroatoms. The van der Waals surface area contributed by atoms with Gasteiger partial charge in [-0.3, -0.25) is 0 Å². The summed E-state index contributed by atoms with van der Waals surface area (Å²) in [6.07, 6.45) is 1.56. The van der Waals surface area contributed by atoms with Gasteiger partial charge in [0.05, 0.1) is 5.56 Å². The van der Waals surface area contributed by atoms with Crippen LogP contribution >= 0.6 is 15.9 Å². The van der Waals surface area contributed by atoms with Gasteiger partial charge < -0.3 is 4.74 Å². The highest BCUT2D eigenvalue weighted by atomic mass is 79.9. The van der Waals surface area contributed by atoms with Crippen molar-refractivity contribution in [3.8, 4) is 17.9 Å². The molecule has 0 aliphatic carbocycles. The van der Waals surface area contributed by atoms with Crippen molar-refractivity contribution in [1.82, 2.24) is 4.98 Å². The summed E-state index contributed by atoms with van der Waals surface area (Å²) in [5.74, 6) is 0.515. The van der Waals surface area contributed by atoms with E-state index in [4.69, 9.17) is 15.3 Å². The van der Waals surface area contributed by atoms with E-state index in [1.165, 1.54) is 0 Å². The fourth-order valence-corrected chi connectivity index (χ4v) is 1.86. The molecule has 1 heterocycles. The van der Waals surface area contributed by atoms with Gasteiger partial charge in [0, 0.05) is 10.7 Å². The van der Waals surface area contributed by atoms with Crippen molar-refractivity contribution in [3.05, 3.63) is 57.8 Å². The van der Waals surface area contributed by atoms with Crippen molar-refractivity contribution < 1.29 is 4.74 Å². The predicted octanol–water partition coefficient (Wildman–Crippen LogP) is 3.17. The molecule has 0 spiro atoms. The number of aromatic nitrogens is 1. The van der Waals surface area contributed by atoms with E-state index in [0.29, 0.717) is 17.0 Å². The Bertz CT molecular complexity index is 686. The molecule has 0 bridgehead atoms. The minimum Gasteiger partial charge on any atom is -0.488 e. The summed E-state index contributed by atoms with van der Waals surface area (Å²) >= 11 is 3.30. The molecule has 2 aromatic rings. The zero-order valence-corrected chi connectivity index (χ0v) is 11.4. The summed E-state index contributed by atoms with van der Waals surface area (Å²) in [6, 6.07) is 12.7. The third-order valence-corrected chi connectivity index (χ3v) is 2.89. The largest absolute Gasteiger partial charge is 0.488 e. The lowest BCUT2D eigenvalue weighted by molar-refractivity contribution is 0.305. The smallest absolute Gasteiger partial charge is 0.140 e. The molecule has 0 radical (unpaired) electrons. The summed E-state index contributed by atoms with van der Waals surface area (Å²) in [6.45, 7) is 0.285. The van der Waals surface area contributed by atoms with E-state index in [9.17, 15) is 0 Å². The molecule has 0 aliphatic rings. The normalized spacial score (nSPS) is 9.42. The average Bonchev–Trinajstić information content (AvgIpc) is 2.46. The van der Waals surface area contributed by atoms with E-state index in [1.807, 2.05) is 12.1 Å².